The predicted octanol–water partition coefficient (Wildman–Crippen LogP) is 2.41. The number of nitrogens with zero attached hydrogens (tertiary/aromatic N) is 1. The van der Waals surface area contributed by atoms with Gasteiger partial charge in [-0.15, -0.1) is 0 Å². The zero-order chi connectivity index (χ0) is 14.4. The molecule has 20 heavy (non-hydrogen) atoms. The summed E-state index contributed by atoms with van der Waals surface area (Å²) >= 11 is 0. The summed E-state index contributed by atoms with van der Waals surface area (Å²) in [5.74, 6) is 0. The third kappa shape index (κ3) is 3.49. The Morgan fingerprint density at radius 3 is 2.65 bits per heavy atom. The largest absolute Gasteiger partial charge is 0.445 e. The van der Waals surface area contributed by atoms with E-state index in [0.717, 1.165) is 18.4 Å². The standard InChI is InChI=1S/C15H21NO4/c1-18-14(19-2)13-9-6-10-16(13)15(17)20-11-12-7-4-3-5-8-12/h3-5,7-8,13-14H,6,9-11H2,1-2H3/t13-/m0/s1. The first-order valence-electron chi connectivity index (χ1n) is 6.79. The normalized spacial score (nSPS) is 18.6. The van der Waals surface area contributed by atoms with Gasteiger partial charge in [-0.1, -0.05) is 30.3 Å². The van der Waals surface area contributed by atoms with E-state index >= 15 is 0 Å². The topological polar surface area (TPSA) is 48.0 Å². The average molecular weight is 279 g/mol. The average Bonchev–Trinajstić information content (AvgIpc) is 2.97. The van der Waals surface area contributed by atoms with E-state index in [9.17, 15) is 4.79 Å². The molecule has 0 spiro atoms. The fourth-order valence-electron chi connectivity index (χ4n) is 2.51. The predicted molar refractivity (Wildman–Crippen MR) is 74.2 cm³/mol. The lowest BCUT2D eigenvalue weighted by Gasteiger charge is -2.29. The highest BCUT2D eigenvalue weighted by Gasteiger charge is 2.36. The molecule has 0 radical (unpaired) electrons. The van der Waals surface area contributed by atoms with E-state index in [1.54, 1.807) is 19.1 Å². The van der Waals surface area contributed by atoms with Crippen molar-refractivity contribution in [3.63, 3.8) is 0 Å². The molecule has 110 valence electrons. The number of benzene rings is 1. The Morgan fingerprint density at radius 2 is 2.00 bits per heavy atom. The van der Waals surface area contributed by atoms with Crippen LogP contribution in [0.2, 0.25) is 0 Å². The minimum atomic E-state index is -0.401. The van der Waals surface area contributed by atoms with Gasteiger partial charge in [-0.05, 0) is 18.4 Å². The number of rotatable bonds is 5. The molecule has 5 nitrogen and oxygen atoms in total. The van der Waals surface area contributed by atoms with Crippen LogP contribution in [0.15, 0.2) is 30.3 Å². The highest BCUT2D eigenvalue weighted by atomic mass is 16.7. The van der Waals surface area contributed by atoms with Gasteiger partial charge >= 0.3 is 6.09 Å². The van der Waals surface area contributed by atoms with E-state index in [-0.39, 0.29) is 18.7 Å². The van der Waals surface area contributed by atoms with Crippen LogP contribution in [-0.4, -0.2) is 44.1 Å². The molecular weight excluding hydrogens is 258 g/mol. The smallest absolute Gasteiger partial charge is 0.410 e. The summed E-state index contributed by atoms with van der Waals surface area (Å²) in [5.41, 5.74) is 0.978. The molecule has 0 N–H and O–H groups in total. The Hall–Kier alpha value is -1.59. The van der Waals surface area contributed by atoms with Crippen LogP contribution in [0.5, 0.6) is 0 Å². The van der Waals surface area contributed by atoms with Crippen molar-refractivity contribution in [2.45, 2.75) is 31.8 Å². The molecule has 0 aliphatic carbocycles. The molecule has 5 heteroatoms. The van der Waals surface area contributed by atoms with Gasteiger partial charge in [-0.25, -0.2) is 4.79 Å². The summed E-state index contributed by atoms with van der Waals surface area (Å²) in [7, 11) is 3.17. The Morgan fingerprint density at radius 1 is 1.30 bits per heavy atom. The molecule has 1 aromatic carbocycles. The number of amides is 1. The third-order valence-corrected chi connectivity index (χ3v) is 3.52. The van der Waals surface area contributed by atoms with Crippen molar-refractivity contribution in [1.82, 2.24) is 4.90 Å². The summed E-state index contributed by atoms with van der Waals surface area (Å²) in [4.78, 5) is 13.9. The maximum Gasteiger partial charge on any atom is 0.410 e. The van der Waals surface area contributed by atoms with Gasteiger partial charge in [0.25, 0.3) is 0 Å². The lowest BCUT2D eigenvalue weighted by Crippen LogP contribution is -2.44. The van der Waals surface area contributed by atoms with Crippen LogP contribution in [0.4, 0.5) is 4.79 Å². The van der Waals surface area contributed by atoms with Gasteiger partial charge in [0.05, 0.1) is 6.04 Å². The zero-order valence-corrected chi connectivity index (χ0v) is 12.0. The van der Waals surface area contributed by atoms with Crippen LogP contribution in [0.25, 0.3) is 0 Å². The van der Waals surface area contributed by atoms with Crippen LogP contribution in [-0.2, 0) is 20.8 Å². The molecule has 1 aromatic rings. The number of hydrogen-bond acceptors (Lipinski definition) is 4. The number of carbonyl (C=O) groups excluding carboxylic acids is 1. The fraction of sp³-hybridized carbons (Fsp3) is 0.533. The van der Waals surface area contributed by atoms with Gasteiger partial charge in [0.15, 0.2) is 6.29 Å². The van der Waals surface area contributed by atoms with Gasteiger partial charge in [-0.3, -0.25) is 0 Å². The number of ether oxygens (including phenoxy) is 3. The van der Waals surface area contributed by atoms with Gasteiger partial charge in [0.2, 0.25) is 0 Å². The van der Waals surface area contributed by atoms with Crippen molar-refractivity contribution in [3.8, 4) is 0 Å². The van der Waals surface area contributed by atoms with Crippen molar-refractivity contribution >= 4 is 6.09 Å². The quantitative estimate of drug-likeness (QED) is 0.777. The van der Waals surface area contributed by atoms with Crippen LogP contribution >= 0.6 is 0 Å². The summed E-state index contributed by atoms with van der Waals surface area (Å²) in [6.45, 7) is 0.967. The molecule has 1 aliphatic rings. The van der Waals surface area contributed by atoms with E-state index in [4.69, 9.17) is 14.2 Å². The molecule has 1 aliphatic heterocycles. The van der Waals surface area contributed by atoms with Crippen molar-refractivity contribution in [2.24, 2.45) is 0 Å². The van der Waals surface area contributed by atoms with Gasteiger partial charge in [-0.2, -0.15) is 0 Å². The number of carbonyl (C=O) groups is 1. The molecule has 0 aromatic heterocycles. The highest BCUT2D eigenvalue weighted by Crippen LogP contribution is 2.23. The molecule has 2 rings (SSSR count). The second kappa shape index (κ2) is 7.26. The van der Waals surface area contributed by atoms with E-state index in [1.165, 1.54) is 0 Å². The van der Waals surface area contributed by atoms with Crippen LogP contribution in [0, 0.1) is 0 Å². The van der Waals surface area contributed by atoms with E-state index in [1.807, 2.05) is 30.3 Å². The SMILES string of the molecule is COC(OC)[C@@H]1CCCN1C(=O)OCc1ccccc1. The van der Waals surface area contributed by atoms with Gasteiger partial charge < -0.3 is 19.1 Å². The minimum absolute atomic E-state index is 0.0757. The second-order valence-corrected chi connectivity index (χ2v) is 4.78. The molecule has 1 atom stereocenters. The summed E-state index contributed by atoms with van der Waals surface area (Å²) < 4.78 is 15.9. The lowest BCUT2D eigenvalue weighted by molar-refractivity contribution is -0.136. The Balaban J connectivity index is 1.91. The molecule has 1 heterocycles. The lowest BCUT2D eigenvalue weighted by atomic mass is 10.2. The van der Waals surface area contributed by atoms with Crippen molar-refractivity contribution in [2.75, 3.05) is 20.8 Å². The molecule has 1 saturated heterocycles. The molecule has 0 unspecified atom stereocenters. The van der Waals surface area contributed by atoms with E-state index in [0.29, 0.717) is 6.54 Å². The molecule has 0 bridgehead atoms. The van der Waals surface area contributed by atoms with Crippen LogP contribution < -0.4 is 0 Å². The van der Waals surface area contributed by atoms with Crippen molar-refractivity contribution < 1.29 is 19.0 Å². The van der Waals surface area contributed by atoms with Gasteiger partial charge in [0.1, 0.15) is 6.61 Å². The minimum Gasteiger partial charge on any atom is -0.445 e. The number of likely N-dealkylation sites (tertiary alicyclic amines) is 1. The molecular formula is C15H21NO4. The first-order valence-corrected chi connectivity index (χ1v) is 6.79. The first kappa shape index (κ1) is 14.8. The maximum atomic E-state index is 12.2. The fourth-order valence-corrected chi connectivity index (χ4v) is 2.51. The van der Waals surface area contributed by atoms with Crippen molar-refractivity contribution in [3.05, 3.63) is 35.9 Å². The summed E-state index contributed by atoms with van der Waals surface area (Å²) in [6.07, 6.45) is 1.10. The van der Waals surface area contributed by atoms with E-state index < -0.39 is 6.29 Å². The molecule has 1 fully saturated rings. The van der Waals surface area contributed by atoms with Crippen LogP contribution in [0.1, 0.15) is 18.4 Å². The highest BCUT2D eigenvalue weighted by molar-refractivity contribution is 5.68. The summed E-state index contributed by atoms with van der Waals surface area (Å²) in [6, 6.07) is 9.57. The maximum absolute atomic E-state index is 12.2. The molecule has 1 amide bonds. The first-order chi connectivity index (χ1) is 9.76. The Bertz CT molecular complexity index is 419. The van der Waals surface area contributed by atoms with Crippen LogP contribution in [0.3, 0.4) is 0 Å². The second-order valence-electron chi connectivity index (χ2n) is 4.78. The Labute approximate surface area is 119 Å². The molecule has 0 saturated carbocycles. The number of hydrogen-bond donors (Lipinski definition) is 0. The summed E-state index contributed by atoms with van der Waals surface area (Å²) in [5, 5.41) is 0. The van der Waals surface area contributed by atoms with E-state index in [2.05, 4.69) is 0 Å². The third-order valence-electron chi connectivity index (χ3n) is 3.52. The number of methoxy groups -OCH3 is 2. The Kier molecular flexibility index (Phi) is 5.38. The van der Waals surface area contributed by atoms with Crippen molar-refractivity contribution in [1.29, 1.82) is 0 Å². The monoisotopic (exact) mass is 279 g/mol. The zero-order valence-electron chi connectivity index (χ0n) is 12.0. The van der Waals surface area contributed by atoms with Gasteiger partial charge in [0, 0.05) is 20.8 Å².